The third kappa shape index (κ3) is 4.13. The third-order valence-electron chi connectivity index (χ3n) is 6.48. The van der Waals surface area contributed by atoms with Gasteiger partial charge in [0, 0.05) is 0 Å². The van der Waals surface area contributed by atoms with Crippen LogP contribution >= 0.6 is 0 Å². The maximum atomic E-state index is 12.2. The molecule has 1 amide bonds. The summed E-state index contributed by atoms with van der Waals surface area (Å²) in [7, 11) is 2.17. The zero-order valence-corrected chi connectivity index (χ0v) is 22.8. The average molecular weight is 617 g/mol. The summed E-state index contributed by atoms with van der Waals surface area (Å²) in [5.74, 6) is 0.560. The first kappa shape index (κ1) is 21.4. The molecule has 0 unspecified atom stereocenters. The van der Waals surface area contributed by atoms with Gasteiger partial charge in [-0.2, -0.15) is 0 Å². The number of piperazine rings is 1. The van der Waals surface area contributed by atoms with Crippen LogP contribution < -0.4 is 19.1 Å². The van der Waals surface area contributed by atoms with E-state index >= 15 is 0 Å². The number of carbonyl (C=O) groups is 1. The molecule has 0 atom stereocenters. The van der Waals surface area contributed by atoms with Crippen molar-refractivity contribution in [3.05, 3.63) is 59.8 Å². The number of nitrogens with two attached hydrogens (primary N) is 1. The maximum absolute atomic E-state index is 12.2. The number of nitrogens with zero attached hydrogens (tertiary/aromatic N) is 3. The van der Waals surface area contributed by atoms with Gasteiger partial charge in [-0.15, -0.1) is 0 Å². The quantitative estimate of drug-likeness (QED) is 0.440. The normalized spacial score (nSPS) is 16.5. The van der Waals surface area contributed by atoms with E-state index in [9.17, 15) is 4.79 Å². The molecule has 0 saturated carbocycles. The molecule has 0 radical (unpaired) electrons. The van der Waals surface area contributed by atoms with Crippen LogP contribution in [0.5, 0.6) is 0 Å². The number of anilines is 2. The Labute approximate surface area is 204 Å². The van der Waals surface area contributed by atoms with Crippen molar-refractivity contribution in [3.63, 3.8) is 0 Å². The van der Waals surface area contributed by atoms with E-state index in [4.69, 9.17) is 5.73 Å². The Morgan fingerprint density at radius 2 is 1.72 bits per heavy atom. The summed E-state index contributed by atoms with van der Waals surface area (Å²) in [6, 6.07) is 15.1. The number of hydrogen-bond acceptors (Lipinski definition) is 5. The van der Waals surface area contributed by atoms with Gasteiger partial charge in [0.1, 0.15) is 0 Å². The number of fused-ring (bicyclic) bond motifs is 1. The molecule has 0 spiro atoms. The molecule has 160 valence electrons. The van der Waals surface area contributed by atoms with E-state index in [1.165, 1.54) is 8.81 Å². The zero-order valence-electron chi connectivity index (χ0n) is 18.3. The first-order chi connectivity index (χ1) is 15.5. The van der Waals surface area contributed by atoms with Gasteiger partial charge in [-0.3, -0.25) is 0 Å². The number of carbonyl (C=O) groups excluding carboxylic acids is 1. The summed E-state index contributed by atoms with van der Waals surface area (Å²) in [6.45, 7) is 4.99. The Bertz CT molecular complexity index is 1170. The number of likely N-dealkylation sites (N-methyl/N-ethyl adjacent to an activating group) is 1. The predicted molar refractivity (Wildman–Crippen MR) is 131 cm³/mol. The second-order valence-corrected chi connectivity index (χ2v) is 11.0. The number of benzene rings is 2. The second kappa shape index (κ2) is 8.82. The fourth-order valence-electron chi connectivity index (χ4n) is 4.50. The van der Waals surface area contributed by atoms with Crippen LogP contribution in [0.25, 0.3) is 22.3 Å². The summed E-state index contributed by atoms with van der Waals surface area (Å²) >= 11 is 0.584. The molecule has 3 aromatic rings. The molecule has 2 aliphatic rings. The molecule has 32 heavy (non-hydrogen) atoms. The number of aromatic nitrogens is 1. The molecular formula is C25H26N5OTl. The Kier molecular flexibility index (Phi) is 5.90. The molecule has 5 rings (SSSR count). The second-order valence-electron chi connectivity index (χ2n) is 8.60. The van der Waals surface area contributed by atoms with E-state index < -0.39 is 0 Å². The van der Waals surface area contributed by atoms with Gasteiger partial charge in [-0.1, -0.05) is 0 Å². The van der Waals surface area contributed by atoms with Gasteiger partial charge in [0.05, 0.1) is 0 Å². The number of nitrogens with one attached hydrogen (secondary N) is 1. The minimum absolute atomic E-state index is 0.0278. The first-order valence-electron chi connectivity index (χ1n) is 11.0. The Morgan fingerprint density at radius 3 is 2.47 bits per heavy atom. The standard InChI is InChI=1S/C25H26N5O.Tl/c1-29-10-12-30(13-11-29)21-5-2-17(3-6-21)20-15-23(24(26)28-16-20)18-4-7-22-19(14-18)8-9-27-25(22)31;/h2-3,5-7,14-16H,8-13H2,1H3,(H2,26,28)(H,27,31);. The first-order valence-corrected chi connectivity index (χ1v) is 13.2. The molecule has 0 aliphatic carbocycles. The molecule has 7 heteroatoms. The minimum atomic E-state index is 0.0278. The van der Waals surface area contributed by atoms with E-state index in [1.54, 1.807) is 0 Å². The average Bonchev–Trinajstić information content (AvgIpc) is 2.81. The van der Waals surface area contributed by atoms with Crippen LogP contribution in [0.4, 0.5) is 11.5 Å². The van der Waals surface area contributed by atoms with Crippen molar-refractivity contribution in [2.24, 2.45) is 0 Å². The van der Waals surface area contributed by atoms with E-state index in [0.717, 1.165) is 66.0 Å². The van der Waals surface area contributed by atoms with Gasteiger partial charge < -0.3 is 4.90 Å². The predicted octanol–water partition coefficient (Wildman–Crippen LogP) is 1.83. The van der Waals surface area contributed by atoms with Crippen molar-refractivity contribution in [1.29, 1.82) is 0 Å². The van der Waals surface area contributed by atoms with Gasteiger partial charge in [-0.05, 0) is 7.05 Å². The van der Waals surface area contributed by atoms with Crippen LogP contribution in [0, 0.1) is 0 Å². The summed E-state index contributed by atoms with van der Waals surface area (Å²) in [6.07, 6.45) is 2.70. The summed E-state index contributed by atoms with van der Waals surface area (Å²) in [5.41, 5.74) is 13.7. The van der Waals surface area contributed by atoms with Crippen molar-refractivity contribution in [2.45, 2.75) is 6.42 Å². The summed E-state index contributed by atoms with van der Waals surface area (Å²) in [4.78, 5) is 21.5. The SMILES string of the molecule is CN1CCN(c2ccc(-c3cnc(N)c(-c4cc5c(c[c]4[Tl])C(=O)NCC5)c3)cc2)CC1. The van der Waals surface area contributed by atoms with Gasteiger partial charge in [0.25, 0.3) is 0 Å². The molecule has 3 N–H and O–H groups in total. The van der Waals surface area contributed by atoms with Gasteiger partial charge in [-0.25, -0.2) is 0 Å². The van der Waals surface area contributed by atoms with Crippen molar-refractivity contribution in [2.75, 3.05) is 50.4 Å². The Hall–Kier alpha value is -2.46. The zero-order chi connectivity index (χ0) is 22.2. The molecule has 1 fully saturated rings. The van der Waals surface area contributed by atoms with Crippen LogP contribution in [0.2, 0.25) is 0 Å². The van der Waals surface area contributed by atoms with Crippen LogP contribution in [0.3, 0.4) is 0 Å². The van der Waals surface area contributed by atoms with Crippen molar-refractivity contribution in [3.8, 4) is 22.3 Å². The van der Waals surface area contributed by atoms with Crippen molar-refractivity contribution >= 4 is 46.3 Å². The molecule has 0 bridgehead atoms. The molecule has 2 aromatic carbocycles. The topological polar surface area (TPSA) is 74.5 Å². The molecule has 2 aliphatic heterocycles. The fraction of sp³-hybridized carbons (Fsp3) is 0.280. The van der Waals surface area contributed by atoms with Gasteiger partial charge in [0.15, 0.2) is 0 Å². The van der Waals surface area contributed by atoms with E-state index in [-0.39, 0.29) is 5.91 Å². The number of pyridine rings is 1. The number of nitrogen functional groups attached to an aromatic ring is 1. The Morgan fingerprint density at radius 1 is 0.969 bits per heavy atom. The van der Waals surface area contributed by atoms with Crippen LogP contribution in [-0.4, -0.2) is 81.3 Å². The van der Waals surface area contributed by atoms with Crippen LogP contribution in [0.1, 0.15) is 15.9 Å². The number of rotatable bonds is 3. The fourth-order valence-corrected chi connectivity index (χ4v) is 6.07. The van der Waals surface area contributed by atoms with E-state index in [2.05, 4.69) is 63.5 Å². The number of amides is 1. The summed E-state index contributed by atoms with van der Waals surface area (Å²) < 4.78 is 1.19. The van der Waals surface area contributed by atoms with Crippen LogP contribution in [0.15, 0.2) is 48.7 Å². The van der Waals surface area contributed by atoms with Gasteiger partial charge in [0.2, 0.25) is 0 Å². The van der Waals surface area contributed by atoms with E-state index in [0.29, 0.717) is 38.1 Å². The van der Waals surface area contributed by atoms with Gasteiger partial charge >= 0.3 is 193 Å². The Balaban J connectivity index is 1.46. The van der Waals surface area contributed by atoms with Crippen molar-refractivity contribution < 1.29 is 4.79 Å². The van der Waals surface area contributed by atoms with Crippen molar-refractivity contribution in [1.82, 2.24) is 15.2 Å². The third-order valence-corrected chi connectivity index (χ3v) is 8.33. The molecule has 6 nitrogen and oxygen atoms in total. The molecule has 1 aromatic heterocycles. The monoisotopic (exact) mass is 617 g/mol. The summed E-state index contributed by atoms with van der Waals surface area (Å²) in [5, 5.41) is 2.93. The molecule has 1 saturated heterocycles. The number of hydrogen-bond donors (Lipinski definition) is 2. The van der Waals surface area contributed by atoms with Crippen LogP contribution in [-0.2, 0) is 6.42 Å². The van der Waals surface area contributed by atoms with E-state index in [1.807, 2.05) is 12.3 Å². The molecular weight excluding hydrogens is 591 g/mol. The molecule has 3 heterocycles.